The number of aliphatic hydroxyl groups excluding tert-OH is 1. The van der Waals surface area contributed by atoms with Crippen LogP contribution in [0.1, 0.15) is 22.7 Å². The Hall–Kier alpha value is -4.98. The second-order valence-corrected chi connectivity index (χ2v) is 9.36. The minimum Gasteiger partial charge on any atom is -0.503 e. The molecule has 3 aromatic carbocycles. The number of aromatic amines is 1. The number of amides is 1. The lowest BCUT2D eigenvalue weighted by molar-refractivity contribution is -0.129. The molecule has 4 aromatic rings. The van der Waals surface area contributed by atoms with Gasteiger partial charge in [-0.2, -0.15) is 0 Å². The fraction of sp³-hybridized carbons (Fsp3) is 0.188. The zero-order valence-corrected chi connectivity index (χ0v) is 22.5. The van der Waals surface area contributed by atoms with E-state index in [1.165, 1.54) is 25.2 Å². The van der Waals surface area contributed by atoms with Gasteiger partial charge < -0.3 is 29.2 Å². The fourth-order valence-corrected chi connectivity index (χ4v) is 5.06. The quantitative estimate of drug-likeness (QED) is 0.262. The Morgan fingerprint density at radius 1 is 0.975 bits per heavy atom. The number of fused-ring (bicyclic) bond motifs is 1. The first-order chi connectivity index (χ1) is 19.4. The monoisotopic (exact) mass is 538 g/mol. The third kappa shape index (κ3) is 5.03. The third-order valence-electron chi connectivity index (χ3n) is 7.12. The zero-order chi connectivity index (χ0) is 28.2. The fourth-order valence-electron chi connectivity index (χ4n) is 5.06. The molecule has 8 nitrogen and oxygen atoms in total. The average Bonchev–Trinajstić information content (AvgIpc) is 3.51. The first-order valence-electron chi connectivity index (χ1n) is 12.8. The molecule has 1 atom stereocenters. The second kappa shape index (κ2) is 11.4. The van der Waals surface area contributed by atoms with Crippen molar-refractivity contribution in [3.05, 3.63) is 107 Å². The minimum atomic E-state index is -0.819. The summed E-state index contributed by atoms with van der Waals surface area (Å²) in [5.41, 5.74) is 3.39. The van der Waals surface area contributed by atoms with E-state index in [4.69, 9.17) is 14.2 Å². The van der Waals surface area contributed by atoms with Gasteiger partial charge in [-0.25, -0.2) is 0 Å². The summed E-state index contributed by atoms with van der Waals surface area (Å²) in [6.45, 7) is 0.255. The van der Waals surface area contributed by atoms with Gasteiger partial charge in [0, 0.05) is 23.6 Å². The number of aromatic nitrogens is 1. The van der Waals surface area contributed by atoms with E-state index < -0.39 is 23.5 Å². The highest BCUT2D eigenvalue weighted by Crippen LogP contribution is 2.41. The number of methoxy groups -OCH3 is 3. The number of H-pyrrole nitrogens is 1. The second-order valence-electron chi connectivity index (χ2n) is 9.36. The maximum atomic E-state index is 13.5. The lowest BCUT2D eigenvalue weighted by Gasteiger charge is -2.27. The number of hydrogen-bond acceptors (Lipinski definition) is 6. The van der Waals surface area contributed by atoms with E-state index in [1.54, 1.807) is 31.4 Å². The predicted octanol–water partition coefficient (Wildman–Crippen LogP) is 5.41. The molecule has 0 spiro atoms. The molecule has 1 aliphatic heterocycles. The summed E-state index contributed by atoms with van der Waals surface area (Å²) in [6, 6.07) is 19.5. The highest BCUT2D eigenvalue weighted by Gasteiger charge is 2.43. The first-order valence-corrected chi connectivity index (χ1v) is 12.8. The van der Waals surface area contributed by atoms with E-state index in [1.807, 2.05) is 54.7 Å². The molecule has 0 saturated heterocycles. The molecule has 2 heterocycles. The number of carbonyl (C=O) groups excluding carboxylic acids is 2. The molecule has 1 amide bonds. The van der Waals surface area contributed by atoms with Crippen LogP contribution >= 0.6 is 0 Å². The van der Waals surface area contributed by atoms with Gasteiger partial charge in [0.1, 0.15) is 5.75 Å². The summed E-state index contributed by atoms with van der Waals surface area (Å²) < 4.78 is 16.3. The Morgan fingerprint density at radius 3 is 2.48 bits per heavy atom. The van der Waals surface area contributed by atoms with E-state index in [2.05, 4.69) is 4.98 Å². The van der Waals surface area contributed by atoms with Gasteiger partial charge in [0.25, 0.3) is 5.91 Å². The van der Waals surface area contributed by atoms with Gasteiger partial charge in [0.05, 0.1) is 32.9 Å². The highest BCUT2D eigenvalue weighted by molar-refractivity contribution is 6.14. The molecular formula is C32H30N2O6. The summed E-state index contributed by atoms with van der Waals surface area (Å²) in [5.74, 6) is 0.0887. The average molecular weight is 539 g/mol. The lowest BCUT2D eigenvalue weighted by Crippen LogP contribution is -2.33. The number of nitrogens with one attached hydrogen (secondary N) is 1. The maximum absolute atomic E-state index is 13.5. The maximum Gasteiger partial charge on any atom is 0.290 e. The first kappa shape index (κ1) is 26.6. The Labute approximate surface area is 232 Å². The number of benzene rings is 3. The summed E-state index contributed by atoms with van der Waals surface area (Å²) in [5, 5.41) is 12.0. The van der Waals surface area contributed by atoms with Crippen LogP contribution in [-0.4, -0.2) is 54.6 Å². The van der Waals surface area contributed by atoms with Crippen molar-refractivity contribution in [2.24, 2.45) is 0 Å². The molecule has 0 fully saturated rings. The van der Waals surface area contributed by atoms with Crippen LogP contribution in [-0.2, 0) is 16.0 Å². The van der Waals surface area contributed by atoms with Crippen molar-refractivity contribution in [1.29, 1.82) is 0 Å². The van der Waals surface area contributed by atoms with Gasteiger partial charge in [-0.3, -0.25) is 9.59 Å². The molecule has 2 N–H and O–H groups in total. The van der Waals surface area contributed by atoms with Crippen LogP contribution in [0.4, 0.5) is 0 Å². The van der Waals surface area contributed by atoms with E-state index in [9.17, 15) is 14.7 Å². The number of hydrogen-bond donors (Lipinski definition) is 2. The number of ketones is 1. The van der Waals surface area contributed by atoms with Gasteiger partial charge in [0.2, 0.25) is 0 Å². The molecular weight excluding hydrogens is 508 g/mol. The zero-order valence-electron chi connectivity index (χ0n) is 22.5. The molecule has 40 heavy (non-hydrogen) atoms. The van der Waals surface area contributed by atoms with Crippen LogP contribution in [0.3, 0.4) is 0 Å². The third-order valence-corrected chi connectivity index (χ3v) is 7.12. The summed E-state index contributed by atoms with van der Waals surface area (Å²) in [4.78, 5) is 31.7. The summed E-state index contributed by atoms with van der Waals surface area (Å²) >= 11 is 0. The molecule has 0 saturated carbocycles. The topological polar surface area (TPSA) is 101 Å². The normalized spacial score (nSPS) is 15.3. The minimum absolute atomic E-state index is 0.0185. The molecule has 0 aliphatic carbocycles. The summed E-state index contributed by atoms with van der Waals surface area (Å²) in [6.07, 6.45) is 5.44. The number of allylic oxidation sites excluding steroid dienone is 1. The highest BCUT2D eigenvalue weighted by atomic mass is 16.5. The Morgan fingerprint density at radius 2 is 1.75 bits per heavy atom. The van der Waals surface area contributed by atoms with Crippen LogP contribution in [0.5, 0.6) is 17.2 Å². The van der Waals surface area contributed by atoms with Crippen molar-refractivity contribution in [2.45, 2.75) is 12.5 Å². The van der Waals surface area contributed by atoms with Crippen molar-refractivity contribution < 1.29 is 28.9 Å². The van der Waals surface area contributed by atoms with Gasteiger partial charge >= 0.3 is 0 Å². The van der Waals surface area contributed by atoms with Crippen LogP contribution < -0.4 is 14.2 Å². The molecule has 8 heteroatoms. The Balaban J connectivity index is 1.51. The number of ether oxygens (including phenoxy) is 3. The number of carbonyl (C=O) groups is 2. The Kier molecular flexibility index (Phi) is 7.59. The van der Waals surface area contributed by atoms with Crippen LogP contribution in [0.15, 0.2) is 90.3 Å². The van der Waals surface area contributed by atoms with E-state index >= 15 is 0 Å². The molecule has 0 radical (unpaired) electrons. The largest absolute Gasteiger partial charge is 0.503 e. The van der Waals surface area contributed by atoms with Gasteiger partial charge in [-0.1, -0.05) is 42.5 Å². The Bertz CT molecular complexity index is 1620. The van der Waals surface area contributed by atoms with Crippen molar-refractivity contribution >= 4 is 28.7 Å². The standard InChI is InChI=1S/C32H30N2O6/c1-38-23-11-12-25-24(18-23)22(19-33-25)15-16-34-30(21-10-14-27(39-2)28(17-21)40-3)29(31(36)32(34)37)26(35)13-9-20-7-5-4-6-8-20/h4-14,17-19,30,33,36H,15-16H2,1-3H3/b13-9+/t30-/m0/s1. The predicted molar refractivity (Wildman–Crippen MR) is 153 cm³/mol. The van der Waals surface area contributed by atoms with Gasteiger partial charge in [-0.05, 0) is 59.5 Å². The van der Waals surface area contributed by atoms with Crippen LogP contribution in [0.25, 0.3) is 17.0 Å². The molecule has 204 valence electrons. The molecule has 0 bridgehead atoms. The lowest BCUT2D eigenvalue weighted by atomic mass is 9.95. The van der Waals surface area contributed by atoms with E-state index in [0.717, 1.165) is 27.8 Å². The number of rotatable bonds is 10. The van der Waals surface area contributed by atoms with Crippen molar-refractivity contribution in [2.75, 3.05) is 27.9 Å². The van der Waals surface area contributed by atoms with Crippen molar-refractivity contribution in [3.63, 3.8) is 0 Å². The van der Waals surface area contributed by atoms with Gasteiger partial charge in [0.15, 0.2) is 23.0 Å². The van der Waals surface area contributed by atoms with Crippen LogP contribution in [0, 0.1) is 0 Å². The molecule has 1 aromatic heterocycles. The molecule has 1 aliphatic rings. The molecule has 0 unspecified atom stereocenters. The number of aliphatic hydroxyl groups is 1. The van der Waals surface area contributed by atoms with Crippen molar-refractivity contribution in [1.82, 2.24) is 9.88 Å². The van der Waals surface area contributed by atoms with Crippen LogP contribution in [0.2, 0.25) is 0 Å². The van der Waals surface area contributed by atoms with Gasteiger partial charge in [-0.15, -0.1) is 0 Å². The SMILES string of the molecule is COc1ccc2[nH]cc(CCN3C(=O)C(O)=C(C(=O)/C=C/c4ccccc4)[C@@H]3c3ccc(OC)c(OC)c3)c2c1. The van der Waals surface area contributed by atoms with Crippen molar-refractivity contribution in [3.8, 4) is 17.2 Å². The van der Waals surface area contributed by atoms with E-state index in [0.29, 0.717) is 23.5 Å². The number of nitrogens with zero attached hydrogens (tertiary/aromatic N) is 1. The smallest absolute Gasteiger partial charge is 0.290 e. The van der Waals surface area contributed by atoms with E-state index in [-0.39, 0.29) is 12.1 Å². The summed E-state index contributed by atoms with van der Waals surface area (Å²) in [7, 11) is 4.67. The molecule has 5 rings (SSSR count).